The second kappa shape index (κ2) is 3.30. The van der Waals surface area contributed by atoms with Crippen molar-refractivity contribution in [3.8, 4) is 5.19 Å². The lowest BCUT2D eigenvalue weighted by molar-refractivity contribution is -0.189. The standard InChI is InChI=1S/C6H6F3NOS/c1-4(6(7,8)9)11-5-10-2-3-12-5/h2-4H,1H3. The van der Waals surface area contributed by atoms with E-state index in [9.17, 15) is 13.2 Å². The molecule has 1 unspecified atom stereocenters. The molecular formula is C6H6F3NOS. The van der Waals surface area contributed by atoms with Crippen LogP contribution in [0.2, 0.25) is 0 Å². The fraction of sp³-hybridized carbons (Fsp3) is 0.500. The average molecular weight is 197 g/mol. The van der Waals surface area contributed by atoms with E-state index in [1.54, 1.807) is 5.38 Å². The number of thiazole rings is 1. The van der Waals surface area contributed by atoms with E-state index >= 15 is 0 Å². The summed E-state index contributed by atoms with van der Waals surface area (Å²) < 4.78 is 40.2. The van der Waals surface area contributed by atoms with Gasteiger partial charge in [0.15, 0.2) is 6.10 Å². The van der Waals surface area contributed by atoms with Crippen molar-refractivity contribution in [1.82, 2.24) is 4.98 Å². The quantitative estimate of drug-likeness (QED) is 0.726. The van der Waals surface area contributed by atoms with Gasteiger partial charge in [0.25, 0.3) is 5.19 Å². The van der Waals surface area contributed by atoms with Crippen LogP contribution in [0.4, 0.5) is 13.2 Å². The molecule has 1 rings (SSSR count). The van der Waals surface area contributed by atoms with Crippen LogP contribution in [0, 0.1) is 0 Å². The molecule has 0 aliphatic carbocycles. The predicted molar refractivity (Wildman–Crippen MR) is 38.3 cm³/mol. The SMILES string of the molecule is CC(Oc1nccs1)C(F)(F)F. The molecule has 68 valence electrons. The predicted octanol–water partition coefficient (Wildman–Crippen LogP) is 2.47. The molecule has 0 spiro atoms. The number of nitrogens with zero attached hydrogens (tertiary/aromatic N) is 1. The van der Waals surface area contributed by atoms with E-state index in [2.05, 4.69) is 9.72 Å². The van der Waals surface area contributed by atoms with Crippen LogP contribution in [0.25, 0.3) is 0 Å². The third-order valence-electron chi connectivity index (χ3n) is 1.15. The Morgan fingerprint density at radius 1 is 1.58 bits per heavy atom. The van der Waals surface area contributed by atoms with Crippen LogP contribution in [0.15, 0.2) is 11.6 Å². The molecule has 0 aromatic carbocycles. The first-order chi connectivity index (χ1) is 5.50. The fourth-order valence-corrected chi connectivity index (χ4v) is 1.05. The summed E-state index contributed by atoms with van der Waals surface area (Å²) in [6.07, 6.45) is -4.74. The van der Waals surface area contributed by atoms with Crippen molar-refractivity contribution in [3.05, 3.63) is 11.6 Å². The van der Waals surface area contributed by atoms with Gasteiger partial charge in [0.2, 0.25) is 0 Å². The smallest absolute Gasteiger partial charge is 0.425 e. The molecule has 1 aromatic rings. The lowest BCUT2D eigenvalue weighted by Gasteiger charge is -2.14. The minimum absolute atomic E-state index is 0.0415. The third-order valence-corrected chi connectivity index (χ3v) is 1.81. The van der Waals surface area contributed by atoms with Gasteiger partial charge in [-0.25, -0.2) is 4.98 Å². The van der Waals surface area contributed by atoms with E-state index in [1.165, 1.54) is 6.20 Å². The highest BCUT2D eigenvalue weighted by molar-refractivity contribution is 7.11. The monoisotopic (exact) mass is 197 g/mol. The van der Waals surface area contributed by atoms with Crippen molar-refractivity contribution in [3.63, 3.8) is 0 Å². The Labute approximate surface area is 71.0 Å². The molecule has 2 nitrogen and oxygen atoms in total. The summed E-state index contributed by atoms with van der Waals surface area (Å²) >= 11 is 1.03. The maximum Gasteiger partial charge on any atom is 0.425 e. The molecule has 6 heteroatoms. The first-order valence-corrected chi connectivity index (χ1v) is 4.01. The van der Waals surface area contributed by atoms with Gasteiger partial charge < -0.3 is 4.74 Å². The number of aromatic nitrogens is 1. The Balaban J connectivity index is 2.53. The number of hydrogen-bond donors (Lipinski definition) is 0. The van der Waals surface area contributed by atoms with Gasteiger partial charge in [-0.3, -0.25) is 0 Å². The molecule has 0 saturated heterocycles. The zero-order chi connectivity index (χ0) is 9.19. The van der Waals surface area contributed by atoms with Gasteiger partial charge in [-0.15, -0.1) is 0 Å². The van der Waals surface area contributed by atoms with E-state index < -0.39 is 12.3 Å². The molecule has 0 saturated carbocycles. The number of alkyl halides is 3. The zero-order valence-corrected chi connectivity index (χ0v) is 6.95. The van der Waals surface area contributed by atoms with Gasteiger partial charge in [0.1, 0.15) is 0 Å². The summed E-state index contributed by atoms with van der Waals surface area (Å²) in [4.78, 5) is 3.57. The fourth-order valence-electron chi connectivity index (χ4n) is 0.487. The van der Waals surface area contributed by atoms with Crippen molar-refractivity contribution < 1.29 is 17.9 Å². The number of rotatable bonds is 2. The lowest BCUT2D eigenvalue weighted by Crippen LogP contribution is -2.31. The van der Waals surface area contributed by atoms with E-state index in [4.69, 9.17) is 0 Å². The van der Waals surface area contributed by atoms with Crippen LogP contribution in [0.3, 0.4) is 0 Å². The van der Waals surface area contributed by atoms with Gasteiger partial charge in [0, 0.05) is 11.6 Å². The molecule has 0 N–H and O–H groups in total. The van der Waals surface area contributed by atoms with E-state index in [1.807, 2.05) is 0 Å². The van der Waals surface area contributed by atoms with Crippen molar-refractivity contribution in [2.24, 2.45) is 0 Å². The normalized spacial score (nSPS) is 14.3. The van der Waals surface area contributed by atoms with Gasteiger partial charge in [-0.05, 0) is 6.92 Å². The molecule has 12 heavy (non-hydrogen) atoms. The maximum atomic E-state index is 11.9. The minimum atomic E-state index is -4.33. The topological polar surface area (TPSA) is 22.1 Å². The molecule has 1 aromatic heterocycles. The molecule has 0 bridgehead atoms. The molecule has 0 fully saturated rings. The third kappa shape index (κ3) is 2.37. The second-order valence-corrected chi connectivity index (χ2v) is 2.96. The van der Waals surface area contributed by atoms with Crippen molar-refractivity contribution >= 4 is 11.3 Å². The van der Waals surface area contributed by atoms with Crippen LogP contribution in [-0.4, -0.2) is 17.3 Å². The summed E-state index contributed by atoms with van der Waals surface area (Å²) in [6, 6.07) is 0. The molecule has 0 amide bonds. The van der Waals surface area contributed by atoms with Crippen LogP contribution >= 0.6 is 11.3 Å². The Bertz CT molecular complexity index is 233. The van der Waals surface area contributed by atoms with E-state index in [0.717, 1.165) is 18.3 Å². The molecule has 1 atom stereocenters. The van der Waals surface area contributed by atoms with E-state index in [0.29, 0.717) is 0 Å². The van der Waals surface area contributed by atoms with Crippen molar-refractivity contribution in [2.75, 3.05) is 0 Å². The van der Waals surface area contributed by atoms with E-state index in [-0.39, 0.29) is 5.19 Å². The Kier molecular flexibility index (Phi) is 2.56. The van der Waals surface area contributed by atoms with Gasteiger partial charge in [-0.2, -0.15) is 13.2 Å². The summed E-state index contributed by atoms with van der Waals surface area (Å²) in [5, 5.41) is 1.60. The maximum absolute atomic E-state index is 11.9. The second-order valence-electron chi connectivity index (χ2n) is 2.10. The molecular weight excluding hydrogens is 191 g/mol. The number of ether oxygens (including phenoxy) is 1. The first kappa shape index (κ1) is 9.31. The number of halogens is 3. The highest BCUT2D eigenvalue weighted by Crippen LogP contribution is 2.25. The molecule has 0 radical (unpaired) electrons. The van der Waals surface area contributed by atoms with Crippen LogP contribution in [0.1, 0.15) is 6.92 Å². The Morgan fingerprint density at radius 3 is 2.67 bits per heavy atom. The zero-order valence-electron chi connectivity index (χ0n) is 6.13. The summed E-state index contributed by atoms with van der Waals surface area (Å²) in [7, 11) is 0. The largest absolute Gasteiger partial charge is 0.457 e. The first-order valence-electron chi connectivity index (χ1n) is 3.13. The molecule has 1 heterocycles. The number of hydrogen-bond acceptors (Lipinski definition) is 3. The summed E-state index contributed by atoms with van der Waals surface area (Å²) in [5.74, 6) is 0. The van der Waals surface area contributed by atoms with Gasteiger partial charge >= 0.3 is 6.18 Å². The van der Waals surface area contributed by atoms with Crippen molar-refractivity contribution in [2.45, 2.75) is 19.2 Å². The Morgan fingerprint density at radius 2 is 2.25 bits per heavy atom. The minimum Gasteiger partial charge on any atom is -0.457 e. The van der Waals surface area contributed by atoms with Crippen LogP contribution in [0.5, 0.6) is 5.19 Å². The van der Waals surface area contributed by atoms with Crippen LogP contribution in [-0.2, 0) is 0 Å². The van der Waals surface area contributed by atoms with Gasteiger partial charge in [0.05, 0.1) is 0 Å². The highest BCUT2D eigenvalue weighted by Gasteiger charge is 2.38. The molecule has 0 aliphatic heterocycles. The summed E-state index contributed by atoms with van der Waals surface area (Å²) in [5.41, 5.74) is 0. The van der Waals surface area contributed by atoms with Gasteiger partial charge in [-0.1, -0.05) is 11.3 Å². The average Bonchev–Trinajstić information content (AvgIpc) is 2.37. The lowest BCUT2D eigenvalue weighted by atomic mass is 10.4. The Hall–Kier alpha value is -0.780. The summed E-state index contributed by atoms with van der Waals surface area (Å²) in [6.45, 7) is 0.946. The van der Waals surface area contributed by atoms with Crippen LogP contribution < -0.4 is 4.74 Å². The van der Waals surface area contributed by atoms with Crippen molar-refractivity contribution in [1.29, 1.82) is 0 Å². The highest BCUT2D eigenvalue weighted by atomic mass is 32.1. The molecule has 0 aliphatic rings.